The first-order chi connectivity index (χ1) is 9.09. The second kappa shape index (κ2) is 6.68. The van der Waals surface area contributed by atoms with Gasteiger partial charge in [0.25, 0.3) is 0 Å². The van der Waals surface area contributed by atoms with E-state index in [1.54, 1.807) is 0 Å². The van der Waals surface area contributed by atoms with Crippen LogP contribution in [0.4, 0.5) is 0 Å². The minimum absolute atomic E-state index is 0.00631. The van der Waals surface area contributed by atoms with E-state index in [0.717, 1.165) is 58.8 Å². The molecule has 0 aromatic heterocycles. The minimum atomic E-state index is 0.00631. The Kier molecular flexibility index (Phi) is 5.19. The van der Waals surface area contributed by atoms with E-state index in [1.165, 1.54) is 0 Å². The zero-order valence-corrected chi connectivity index (χ0v) is 12.2. The molecule has 5 nitrogen and oxygen atoms in total. The number of amides is 1. The summed E-state index contributed by atoms with van der Waals surface area (Å²) in [4.78, 5) is 14.5. The van der Waals surface area contributed by atoms with E-state index >= 15 is 0 Å². The van der Waals surface area contributed by atoms with Crippen molar-refractivity contribution in [2.75, 3.05) is 45.9 Å². The number of carbonyl (C=O) groups is 1. The molecule has 0 aromatic rings. The highest BCUT2D eigenvalue weighted by Crippen LogP contribution is 2.16. The standard InChI is InChI=1S/C14H27N3O2/c1-14(2,17-7-9-19-10-8-17)11-16-13(18)12-3-5-15-6-4-12/h12,15H,3-11H2,1-2H3,(H,16,18). The van der Waals surface area contributed by atoms with Gasteiger partial charge < -0.3 is 15.4 Å². The fourth-order valence-electron chi connectivity index (χ4n) is 2.81. The van der Waals surface area contributed by atoms with Crippen LogP contribution in [0.3, 0.4) is 0 Å². The summed E-state index contributed by atoms with van der Waals surface area (Å²) in [6, 6.07) is 0. The maximum absolute atomic E-state index is 12.1. The molecule has 2 rings (SSSR count). The van der Waals surface area contributed by atoms with Gasteiger partial charge in [0.05, 0.1) is 13.2 Å². The third-order valence-corrected chi connectivity index (χ3v) is 4.27. The van der Waals surface area contributed by atoms with Gasteiger partial charge in [-0.1, -0.05) is 0 Å². The summed E-state index contributed by atoms with van der Waals surface area (Å²) in [6.07, 6.45) is 1.92. The van der Waals surface area contributed by atoms with E-state index in [1.807, 2.05) is 0 Å². The monoisotopic (exact) mass is 269 g/mol. The van der Waals surface area contributed by atoms with Crippen molar-refractivity contribution in [3.05, 3.63) is 0 Å². The molecule has 2 aliphatic heterocycles. The van der Waals surface area contributed by atoms with Crippen molar-refractivity contribution in [3.63, 3.8) is 0 Å². The molecular weight excluding hydrogens is 242 g/mol. The van der Waals surface area contributed by atoms with Crippen LogP contribution in [0, 0.1) is 5.92 Å². The lowest BCUT2D eigenvalue weighted by atomic mass is 9.96. The van der Waals surface area contributed by atoms with Gasteiger partial charge in [0.15, 0.2) is 0 Å². The van der Waals surface area contributed by atoms with Crippen LogP contribution < -0.4 is 10.6 Å². The van der Waals surface area contributed by atoms with E-state index < -0.39 is 0 Å². The maximum Gasteiger partial charge on any atom is 0.223 e. The number of carbonyl (C=O) groups excluding carboxylic acids is 1. The van der Waals surface area contributed by atoms with Crippen molar-refractivity contribution in [2.24, 2.45) is 5.92 Å². The maximum atomic E-state index is 12.1. The Morgan fingerprint density at radius 2 is 1.95 bits per heavy atom. The lowest BCUT2D eigenvalue weighted by molar-refractivity contribution is -0.126. The second-order valence-electron chi connectivity index (χ2n) is 6.15. The van der Waals surface area contributed by atoms with E-state index in [0.29, 0.717) is 0 Å². The number of hydrogen-bond acceptors (Lipinski definition) is 4. The number of nitrogens with one attached hydrogen (secondary N) is 2. The van der Waals surface area contributed by atoms with Crippen molar-refractivity contribution < 1.29 is 9.53 Å². The predicted octanol–water partition coefficient (Wildman–Crippen LogP) is 0.213. The van der Waals surface area contributed by atoms with Gasteiger partial charge in [0, 0.05) is 31.1 Å². The molecule has 2 saturated heterocycles. The first-order valence-corrected chi connectivity index (χ1v) is 7.41. The lowest BCUT2D eigenvalue weighted by Gasteiger charge is -2.41. The number of hydrogen-bond donors (Lipinski definition) is 2. The van der Waals surface area contributed by atoms with Gasteiger partial charge in [-0.3, -0.25) is 9.69 Å². The quantitative estimate of drug-likeness (QED) is 0.766. The highest BCUT2D eigenvalue weighted by Gasteiger charge is 2.29. The average molecular weight is 269 g/mol. The molecule has 0 aliphatic carbocycles. The first kappa shape index (κ1) is 14.8. The molecule has 0 saturated carbocycles. The van der Waals surface area contributed by atoms with Gasteiger partial charge >= 0.3 is 0 Å². The Balaban J connectivity index is 1.77. The lowest BCUT2D eigenvalue weighted by Crippen LogP contribution is -2.56. The van der Waals surface area contributed by atoms with Crippen molar-refractivity contribution in [1.82, 2.24) is 15.5 Å². The molecule has 5 heteroatoms. The van der Waals surface area contributed by atoms with Crippen LogP contribution in [-0.2, 0) is 9.53 Å². The van der Waals surface area contributed by atoms with Crippen LogP contribution in [0.5, 0.6) is 0 Å². The molecule has 0 unspecified atom stereocenters. The summed E-state index contributed by atoms with van der Waals surface area (Å²) in [7, 11) is 0. The highest BCUT2D eigenvalue weighted by atomic mass is 16.5. The van der Waals surface area contributed by atoms with Crippen LogP contribution in [0.25, 0.3) is 0 Å². The van der Waals surface area contributed by atoms with Crippen LogP contribution in [-0.4, -0.2) is 62.3 Å². The molecule has 19 heavy (non-hydrogen) atoms. The van der Waals surface area contributed by atoms with Gasteiger partial charge in [-0.25, -0.2) is 0 Å². The summed E-state index contributed by atoms with van der Waals surface area (Å²) >= 11 is 0. The van der Waals surface area contributed by atoms with Crippen molar-refractivity contribution >= 4 is 5.91 Å². The zero-order valence-electron chi connectivity index (χ0n) is 12.2. The summed E-state index contributed by atoms with van der Waals surface area (Å²) in [5.41, 5.74) is 0.00631. The molecule has 1 amide bonds. The summed E-state index contributed by atoms with van der Waals surface area (Å²) in [5.74, 6) is 0.421. The van der Waals surface area contributed by atoms with Crippen LogP contribution in [0.15, 0.2) is 0 Å². The normalized spacial score (nSPS) is 23.3. The Morgan fingerprint density at radius 3 is 2.58 bits per heavy atom. The third-order valence-electron chi connectivity index (χ3n) is 4.27. The highest BCUT2D eigenvalue weighted by molar-refractivity contribution is 5.78. The van der Waals surface area contributed by atoms with E-state index in [4.69, 9.17) is 4.74 Å². The smallest absolute Gasteiger partial charge is 0.223 e. The van der Waals surface area contributed by atoms with Gasteiger partial charge in [-0.2, -0.15) is 0 Å². The predicted molar refractivity (Wildman–Crippen MR) is 75.1 cm³/mol. The van der Waals surface area contributed by atoms with Gasteiger partial charge in [0.1, 0.15) is 0 Å². The Labute approximate surface area is 116 Å². The largest absolute Gasteiger partial charge is 0.379 e. The van der Waals surface area contributed by atoms with Gasteiger partial charge in [-0.05, 0) is 39.8 Å². The molecule has 0 radical (unpaired) electrons. The second-order valence-corrected chi connectivity index (χ2v) is 6.15. The fraction of sp³-hybridized carbons (Fsp3) is 0.929. The van der Waals surface area contributed by atoms with E-state index in [2.05, 4.69) is 29.4 Å². The SMILES string of the molecule is CC(C)(CNC(=O)C1CCNCC1)N1CCOCC1. The third kappa shape index (κ3) is 4.16. The minimum Gasteiger partial charge on any atom is -0.379 e. The number of ether oxygens (including phenoxy) is 1. The number of rotatable bonds is 4. The molecule has 2 fully saturated rings. The number of morpholine rings is 1. The van der Waals surface area contributed by atoms with Crippen LogP contribution >= 0.6 is 0 Å². The molecule has 0 spiro atoms. The van der Waals surface area contributed by atoms with E-state index in [9.17, 15) is 4.79 Å². The summed E-state index contributed by atoms with van der Waals surface area (Å²) in [5, 5.41) is 6.43. The summed E-state index contributed by atoms with van der Waals surface area (Å²) in [6.45, 7) is 10.5. The first-order valence-electron chi connectivity index (χ1n) is 7.41. The molecule has 0 atom stereocenters. The Morgan fingerprint density at radius 1 is 1.32 bits per heavy atom. The molecule has 0 bridgehead atoms. The number of piperidine rings is 1. The van der Waals surface area contributed by atoms with Crippen molar-refractivity contribution in [3.8, 4) is 0 Å². The van der Waals surface area contributed by atoms with E-state index in [-0.39, 0.29) is 17.4 Å². The molecule has 0 aromatic carbocycles. The molecule has 2 aliphatic rings. The zero-order chi connectivity index (χ0) is 13.7. The molecular formula is C14H27N3O2. The van der Waals surface area contributed by atoms with Crippen LogP contribution in [0.2, 0.25) is 0 Å². The van der Waals surface area contributed by atoms with Crippen LogP contribution in [0.1, 0.15) is 26.7 Å². The summed E-state index contributed by atoms with van der Waals surface area (Å²) < 4.78 is 5.38. The van der Waals surface area contributed by atoms with Gasteiger partial charge in [-0.15, -0.1) is 0 Å². The molecule has 2 N–H and O–H groups in total. The van der Waals surface area contributed by atoms with Gasteiger partial charge in [0.2, 0.25) is 5.91 Å². The fourth-order valence-corrected chi connectivity index (χ4v) is 2.81. The van der Waals surface area contributed by atoms with Crippen molar-refractivity contribution in [2.45, 2.75) is 32.2 Å². The topological polar surface area (TPSA) is 53.6 Å². The molecule has 2 heterocycles. The Hall–Kier alpha value is -0.650. The molecule has 110 valence electrons. The number of nitrogens with zero attached hydrogens (tertiary/aromatic N) is 1. The van der Waals surface area contributed by atoms with Crippen molar-refractivity contribution in [1.29, 1.82) is 0 Å². The average Bonchev–Trinajstić information content (AvgIpc) is 2.47. The Bertz CT molecular complexity index is 295.